The van der Waals surface area contributed by atoms with Gasteiger partial charge in [0.25, 0.3) is 11.8 Å². The fourth-order valence-corrected chi connectivity index (χ4v) is 4.74. The topological polar surface area (TPSA) is 107 Å². The Hall–Kier alpha value is -4.48. The minimum absolute atomic E-state index is 0.0975. The number of aromatic nitrogens is 1. The van der Waals surface area contributed by atoms with Gasteiger partial charge in [-0.05, 0) is 55.2 Å². The van der Waals surface area contributed by atoms with E-state index in [-0.39, 0.29) is 17.9 Å². The van der Waals surface area contributed by atoms with Crippen LogP contribution < -0.4 is 16.0 Å². The molecular weight excluding hydrogens is 482 g/mol. The van der Waals surface area contributed by atoms with E-state index in [1.807, 2.05) is 49.4 Å². The molecule has 37 heavy (non-hydrogen) atoms. The lowest BCUT2D eigenvalue weighted by Gasteiger charge is -2.10. The number of thiazole rings is 1. The molecule has 1 heterocycles. The van der Waals surface area contributed by atoms with Gasteiger partial charge in [0.05, 0.1) is 17.3 Å². The number of hydrogen-bond acceptors (Lipinski definition) is 6. The molecule has 1 fully saturated rings. The second kappa shape index (κ2) is 10.6. The molecule has 1 aromatic heterocycles. The summed E-state index contributed by atoms with van der Waals surface area (Å²) >= 11 is 1.23. The number of aryl methyl sites for hydroxylation is 1. The molecule has 0 radical (unpaired) electrons. The van der Waals surface area contributed by atoms with E-state index < -0.39 is 0 Å². The molecule has 184 valence electrons. The van der Waals surface area contributed by atoms with Gasteiger partial charge in [0.1, 0.15) is 4.88 Å². The molecule has 0 bridgehead atoms. The molecule has 0 aliphatic heterocycles. The second-order valence-electron chi connectivity index (χ2n) is 8.96. The van der Waals surface area contributed by atoms with Crippen molar-refractivity contribution in [2.24, 2.45) is 0 Å². The van der Waals surface area contributed by atoms with E-state index in [1.54, 1.807) is 30.3 Å². The number of amides is 2. The predicted molar refractivity (Wildman–Crippen MR) is 145 cm³/mol. The smallest absolute Gasteiger partial charge is 0.264 e. The van der Waals surface area contributed by atoms with Gasteiger partial charge in [-0.3, -0.25) is 9.59 Å². The lowest BCUT2D eigenvalue weighted by atomic mass is 10.1. The average Bonchev–Trinajstić information content (AvgIpc) is 3.64. The van der Waals surface area contributed by atoms with Crippen molar-refractivity contribution in [1.29, 1.82) is 5.26 Å². The summed E-state index contributed by atoms with van der Waals surface area (Å²) in [5.74, 6) is -0.347. The number of carbonyl (C=O) groups excluding carboxylic acids is 2. The minimum Gasteiger partial charge on any atom is -0.349 e. The van der Waals surface area contributed by atoms with Crippen molar-refractivity contribution in [2.75, 3.05) is 5.32 Å². The van der Waals surface area contributed by atoms with Crippen LogP contribution in [0.4, 0.5) is 10.8 Å². The molecule has 2 amide bonds. The first-order chi connectivity index (χ1) is 18.0. The second-order valence-corrected chi connectivity index (χ2v) is 9.96. The van der Waals surface area contributed by atoms with Gasteiger partial charge in [-0.2, -0.15) is 5.26 Å². The number of anilines is 2. The number of benzene rings is 3. The lowest BCUT2D eigenvalue weighted by Crippen LogP contribution is -2.25. The average molecular weight is 508 g/mol. The molecule has 8 heteroatoms. The van der Waals surface area contributed by atoms with Crippen LogP contribution in [0.5, 0.6) is 0 Å². The minimum atomic E-state index is -0.249. The monoisotopic (exact) mass is 507 g/mol. The van der Waals surface area contributed by atoms with Gasteiger partial charge in [-0.25, -0.2) is 4.98 Å². The Morgan fingerprint density at radius 1 is 1.03 bits per heavy atom. The molecule has 5 rings (SSSR count). The van der Waals surface area contributed by atoms with Gasteiger partial charge in [0, 0.05) is 29.4 Å². The molecule has 0 spiro atoms. The number of nitrogens with zero attached hydrogens (tertiary/aromatic N) is 2. The van der Waals surface area contributed by atoms with E-state index in [0.29, 0.717) is 38.9 Å². The van der Waals surface area contributed by atoms with Crippen LogP contribution in [0.15, 0.2) is 72.8 Å². The highest BCUT2D eigenvalue weighted by molar-refractivity contribution is 7.18. The Balaban J connectivity index is 1.45. The van der Waals surface area contributed by atoms with E-state index in [9.17, 15) is 14.9 Å². The molecule has 4 aromatic rings. The SMILES string of the molecule is Cc1ccc(C(=O)NC2CC2)cc1Nc1nc(-c2cccc(C#N)c2)c(C(=O)NCc2ccccc2)s1. The van der Waals surface area contributed by atoms with Crippen molar-refractivity contribution in [3.63, 3.8) is 0 Å². The fourth-order valence-electron chi connectivity index (χ4n) is 3.83. The van der Waals surface area contributed by atoms with Gasteiger partial charge < -0.3 is 16.0 Å². The van der Waals surface area contributed by atoms with E-state index in [1.165, 1.54) is 11.3 Å². The fraction of sp³-hybridized carbons (Fsp3) is 0.172. The van der Waals surface area contributed by atoms with Gasteiger partial charge in [-0.15, -0.1) is 0 Å². The zero-order valence-corrected chi connectivity index (χ0v) is 21.1. The van der Waals surface area contributed by atoms with E-state index >= 15 is 0 Å². The number of carbonyl (C=O) groups is 2. The van der Waals surface area contributed by atoms with Crippen molar-refractivity contribution < 1.29 is 9.59 Å². The third-order valence-electron chi connectivity index (χ3n) is 6.05. The summed E-state index contributed by atoms with van der Waals surface area (Å²) in [5.41, 5.74) is 4.91. The summed E-state index contributed by atoms with van der Waals surface area (Å²) in [6.07, 6.45) is 2.04. The number of nitrogens with one attached hydrogen (secondary N) is 3. The zero-order chi connectivity index (χ0) is 25.8. The Bertz CT molecular complexity index is 1500. The standard InChI is InChI=1S/C29H25N5O2S/c1-18-10-11-22(27(35)32-23-12-13-23)15-24(18)33-29-34-25(21-9-5-8-20(14-21)16-30)26(37-29)28(36)31-17-19-6-3-2-4-7-19/h2-11,14-15,23H,12-13,17H2,1H3,(H,31,36)(H,32,35)(H,33,34). The zero-order valence-electron chi connectivity index (χ0n) is 20.2. The highest BCUT2D eigenvalue weighted by Crippen LogP contribution is 2.34. The predicted octanol–water partition coefficient (Wildman–Crippen LogP) is 5.56. The van der Waals surface area contributed by atoms with E-state index in [0.717, 1.165) is 29.7 Å². The number of nitriles is 1. The third-order valence-corrected chi connectivity index (χ3v) is 7.02. The summed E-state index contributed by atoms with van der Waals surface area (Å²) in [6.45, 7) is 2.33. The highest BCUT2D eigenvalue weighted by atomic mass is 32.1. The number of rotatable bonds is 8. The molecular formula is C29H25N5O2S. The van der Waals surface area contributed by atoms with Crippen molar-refractivity contribution in [2.45, 2.75) is 32.4 Å². The Kier molecular flexibility index (Phi) is 6.97. The van der Waals surface area contributed by atoms with E-state index in [4.69, 9.17) is 4.98 Å². The molecule has 3 N–H and O–H groups in total. The van der Waals surface area contributed by atoms with Crippen LogP contribution in [0.25, 0.3) is 11.3 Å². The normalized spacial score (nSPS) is 12.4. The maximum Gasteiger partial charge on any atom is 0.264 e. The number of hydrogen-bond donors (Lipinski definition) is 3. The van der Waals surface area contributed by atoms with Crippen LogP contribution >= 0.6 is 11.3 Å². The maximum absolute atomic E-state index is 13.3. The summed E-state index contributed by atoms with van der Waals surface area (Å²) in [7, 11) is 0. The first-order valence-electron chi connectivity index (χ1n) is 12.0. The summed E-state index contributed by atoms with van der Waals surface area (Å²) in [4.78, 5) is 31.0. The Labute approximate surface area is 219 Å². The molecule has 0 unspecified atom stereocenters. The van der Waals surface area contributed by atoms with Crippen LogP contribution in [0.3, 0.4) is 0 Å². The molecule has 3 aromatic carbocycles. The highest BCUT2D eigenvalue weighted by Gasteiger charge is 2.24. The van der Waals surface area contributed by atoms with Gasteiger partial charge >= 0.3 is 0 Å². The molecule has 1 aliphatic rings. The molecule has 0 atom stereocenters. The summed E-state index contributed by atoms with van der Waals surface area (Å²) < 4.78 is 0. The molecule has 1 aliphatic carbocycles. The lowest BCUT2D eigenvalue weighted by molar-refractivity contribution is 0.0944. The van der Waals surface area contributed by atoms with Crippen molar-refractivity contribution in [3.8, 4) is 17.3 Å². The van der Waals surface area contributed by atoms with Crippen LogP contribution in [-0.4, -0.2) is 22.8 Å². The molecule has 1 saturated carbocycles. The van der Waals surface area contributed by atoms with Gasteiger partial charge in [-0.1, -0.05) is 59.9 Å². The van der Waals surface area contributed by atoms with Crippen molar-refractivity contribution in [3.05, 3.63) is 99.9 Å². The van der Waals surface area contributed by atoms with E-state index in [2.05, 4.69) is 22.0 Å². The van der Waals surface area contributed by atoms with Crippen LogP contribution in [0.2, 0.25) is 0 Å². The van der Waals surface area contributed by atoms with Crippen molar-refractivity contribution in [1.82, 2.24) is 15.6 Å². The third kappa shape index (κ3) is 5.85. The van der Waals surface area contributed by atoms with Crippen LogP contribution in [-0.2, 0) is 6.54 Å². The quantitative estimate of drug-likeness (QED) is 0.290. The maximum atomic E-state index is 13.3. The Morgan fingerprint density at radius 3 is 2.59 bits per heavy atom. The van der Waals surface area contributed by atoms with Crippen molar-refractivity contribution >= 4 is 34.0 Å². The summed E-state index contributed by atoms with van der Waals surface area (Å²) in [6, 6.07) is 24.7. The molecule has 7 nitrogen and oxygen atoms in total. The largest absolute Gasteiger partial charge is 0.349 e. The first kappa shape index (κ1) is 24.2. The first-order valence-corrected chi connectivity index (χ1v) is 12.8. The van der Waals surface area contributed by atoms with Crippen LogP contribution in [0.1, 0.15) is 49.6 Å². The Morgan fingerprint density at radius 2 is 1.84 bits per heavy atom. The van der Waals surface area contributed by atoms with Gasteiger partial charge in [0.15, 0.2) is 5.13 Å². The summed E-state index contributed by atoms with van der Waals surface area (Å²) in [5, 5.41) is 19.2. The van der Waals surface area contributed by atoms with Crippen LogP contribution in [0, 0.1) is 18.3 Å². The molecule has 0 saturated heterocycles. The van der Waals surface area contributed by atoms with Gasteiger partial charge in [0.2, 0.25) is 0 Å².